The summed E-state index contributed by atoms with van der Waals surface area (Å²) in [4.78, 5) is 12.6. The van der Waals surface area contributed by atoms with Crippen molar-refractivity contribution in [1.82, 2.24) is 10.2 Å². The Kier molecular flexibility index (Phi) is 3.24. The van der Waals surface area contributed by atoms with Crippen LogP contribution in [0.4, 0.5) is 4.79 Å². The fraction of sp³-hybridized carbons (Fsp3) is 0.571. The molecule has 1 N–H and O–H groups in total. The molecular formula is C7H9BrN2O. The Morgan fingerprint density at radius 3 is 3.00 bits per heavy atom. The van der Waals surface area contributed by atoms with Crippen molar-refractivity contribution in [2.45, 2.75) is 0 Å². The van der Waals surface area contributed by atoms with Gasteiger partial charge in [0.05, 0.1) is 11.9 Å². The number of halogens is 1. The van der Waals surface area contributed by atoms with Crippen LogP contribution in [0, 0.1) is 11.8 Å². The van der Waals surface area contributed by atoms with Crippen LogP contribution in [0.5, 0.6) is 0 Å². The molecule has 0 bridgehead atoms. The highest BCUT2D eigenvalue weighted by Gasteiger charge is 2.17. The third-order valence-corrected chi connectivity index (χ3v) is 1.69. The first kappa shape index (κ1) is 8.41. The van der Waals surface area contributed by atoms with Crippen molar-refractivity contribution in [3.05, 3.63) is 0 Å². The number of carbonyl (C=O) groups is 1. The fourth-order valence-electron chi connectivity index (χ4n) is 0.861. The summed E-state index contributed by atoms with van der Waals surface area (Å²) >= 11 is 3.18. The summed E-state index contributed by atoms with van der Waals surface area (Å²) in [6, 6.07) is -0.00567. The lowest BCUT2D eigenvalue weighted by molar-refractivity contribution is 0.222. The van der Waals surface area contributed by atoms with Gasteiger partial charge in [-0.25, -0.2) is 4.79 Å². The van der Waals surface area contributed by atoms with Crippen LogP contribution < -0.4 is 5.32 Å². The van der Waals surface area contributed by atoms with E-state index in [1.807, 2.05) is 0 Å². The monoisotopic (exact) mass is 216 g/mol. The predicted molar refractivity (Wildman–Crippen MR) is 46.5 cm³/mol. The predicted octanol–water partition coefficient (Wildman–Crippen LogP) is 0.410. The second-order valence-electron chi connectivity index (χ2n) is 2.14. The number of carbonyl (C=O) groups excluding carboxylic acids is 1. The third kappa shape index (κ3) is 2.43. The molecule has 0 aromatic heterocycles. The van der Waals surface area contributed by atoms with E-state index in [-0.39, 0.29) is 6.03 Å². The van der Waals surface area contributed by atoms with Gasteiger partial charge in [-0.15, -0.1) is 0 Å². The number of rotatable bonds is 1. The molecule has 2 amide bonds. The van der Waals surface area contributed by atoms with Crippen molar-refractivity contribution in [3.63, 3.8) is 0 Å². The maximum absolute atomic E-state index is 10.9. The lowest BCUT2D eigenvalue weighted by Crippen LogP contribution is -2.28. The molecule has 0 unspecified atom stereocenters. The molecule has 4 heteroatoms. The van der Waals surface area contributed by atoms with Gasteiger partial charge in [0.25, 0.3) is 0 Å². The van der Waals surface area contributed by atoms with E-state index in [4.69, 9.17) is 0 Å². The van der Waals surface area contributed by atoms with Crippen LogP contribution >= 0.6 is 15.9 Å². The molecule has 0 radical (unpaired) electrons. The van der Waals surface area contributed by atoms with Crippen LogP contribution in [-0.2, 0) is 0 Å². The van der Waals surface area contributed by atoms with Gasteiger partial charge in [0.1, 0.15) is 0 Å². The molecule has 1 aliphatic rings. The molecule has 1 aliphatic heterocycles. The second-order valence-corrected chi connectivity index (χ2v) is 2.70. The molecule has 0 atom stereocenters. The first-order chi connectivity index (χ1) is 5.34. The first-order valence-electron chi connectivity index (χ1n) is 3.39. The third-order valence-electron chi connectivity index (χ3n) is 1.41. The number of nitrogens with zero attached hydrogens (tertiary/aromatic N) is 1. The highest BCUT2D eigenvalue weighted by atomic mass is 79.9. The molecule has 0 saturated carbocycles. The molecule has 1 heterocycles. The van der Waals surface area contributed by atoms with Crippen LogP contribution in [0.1, 0.15) is 0 Å². The van der Waals surface area contributed by atoms with Crippen LogP contribution in [0.15, 0.2) is 0 Å². The van der Waals surface area contributed by atoms with Gasteiger partial charge in [0.15, 0.2) is 0 Å². The SMILES string of the molecule is O=C1NCCN1CC#CCBr. The van der Waals surface area contributed by atoms with E-state index >= 15 is 0 Å². The molecule has 0 aromatic carbocycles. The molecule has 0 aromatic rings. The lowest BCUT2D eigenvalue weighted by atomic mass is 10.5. The van der Waals surface area contributed by atoms with Crippen molar-refractivity contribution in [1.29, 1.82) is 0 Å². The summed E-state index contributed by atoms with van der Waals surface area (Å²) in [6.45, 7) is 2.06. The Morgan fingerprint density at radius 2 is 2.45 bits per heavy atom. The van der Waals surface area contributed by atoms with E-state index in [1.54, 1.807) is 4.90 Å². The van der Waals surface area contributed by atoms with Gasteiger partial charge in [-0.2, -0.15) is 0 Å². The second kappa shape index (κ2) is 4.24. The Morgan fingerprint density at radius 1 is 1.64 bits per heavy atom. The van der Waals surface area contributed by atoms with Gasteiger partial charge in [0.2, 0.25) is 0 Å². The average Bonchev–Trinajstić information content (AvgIpc) is 2.37. The van der Waals surface area contributed by atoms with Gasteiger partial charge >= 0.3 is 6.03 Å². The minimum absolute atomic E-state index is 0.00567. The largest absolute Gasteiger partial charge is 0.336 e. The highest BCUT2D eigenvalue weighted by Crippen LogP contribution is 1.93. The summed E-state index contributed by atoms with van der Waals surface area (Å²) in [5, 5.41) is 3.37. The van der Waals surface area contributed by atoms with Crippen molar-refractivity contribution < 1.29 is 4.79 Å². The number of hydrogen-bond acceptors (Lipinski definition) is 1. The molecule has 1 saturated heterocycles. The van der Waals surface area contributed by atoms with E-state index in [1.165, 1.54) is 0 Å². The van der Waals surface area contributed by atoms with Crippen molar-refractivity contribution >= 4 is 22.0 Å². The van der Waals surface area contributed by atoms with E-state index in [0.717, 1.165) is 13.1 Å². The zero-order valence-corrected chi connectivity index (χ0v) is 7.65. The van der Waals surface area contributed by atoms with Gasteiger partial charge in [-0.3, -0.25) is 0 Å². The highest BCUT2D eigenvalue weighted by molar-refractivity contribution is 9.09. The van der Waals surface area contributed by atoms with Gasteiger partial charge in [-0.05, 0) is 0 Å². The van der Waals surface area contributed by atoms with E-state index < -0.39 is 0 Å². The summed E-state index contributed by atoms with van der Waals surface area (Å²) < 4.78 is 0. The summed E-state index contributed by atoms with van der Waals surface area (Å²) in [5.41, 5.74) is 0. The number of hydrogen-bond donors (Lipinski definition) is 1. The topological polar surface area (TPSA) is 32.3 Å². The summed E-state index contributed by atoms with van der Waals surface area (Å²) in [5.74, 6) is 5.72. The average molecular weight is 217 g/mol. The normalized spacial score (nSPS) is 15.7. The Bertz CT molecular complexity index is 206. The van der Waals surface area contributed by atoms with Crippen molar-refractivity contribution in [2.24, 2.45) is 0 Å². The molecule has 1 fully saturated rings. The van der Waals surface area contributed by atoms with Crippen LogP contribution in [0.2, 0.25) is 0 Å². The number of urea groups is 1. The number of alkyl halides is 1. The van der Waals surface area contributed by atoms with Crippen LogP contribution in [0.25, 0.3) is 0 Å². The van der Waals surface area contributed by atoms with E-state index in [2.05, 4.69) is 33.1 Å². The molecular weight excluding hydrogens is 208 g/mol. The Labute approximate surface area is 74.3 Å². The lowest BCUT2D eigenvalue weighted by Gasteiger charge is -2.07. The van der Waals surface area contributed by atoms with Crippen LogP contribution in [0.3, 0.4) is 0 Å². The molecule has 60 valence electrons. The smallest absolute Gasteiger partial charge is 0.318 e. The summed E-state index contributed by atoms with van der Waals surface area (Å²) in [7, 11) is 0. The quantitative estimate of drug-likeness (QED) is 0.500. The minimum Gasteiger partial charge on any atom is -0.336 e. The Balaban J connectivity index is 2.31. The fourth-order valence-corrected chi connectivity index (χ4v) is 1.06. The Hall–Kier alpha value is -0.690. The zero-order valence-electron chi connectivity index (χ0n) is 6.06. The number of amides is 2. The molecule has 0 aliphatic carbocycles. The standard InChI is InChI=1S/C7H9BrN2O/c8-3-1-2-5-10-6-4-9-7(10)11/h3-6H2,(H,9,11). The van der Waals surface area contributed by atoms with Gasteiger partial charge in [-0.1, -0.05) is 27.8 Å². The number of nitrogens with one attached hydrogen (secondary N) is 1. The first-order valence-corrected chi connectivity index (χ1v) is 4.51. The van der Waals surface area contributed by atoms with Crippen molar-refractivity contribution in [3.8, 4) is 11.8 Å². The molecule has 0 spiro atoms. The maximum atomic E-state index is 10.9. The maximum Gasteiger partial charge on any atom is 0.318 e. The minimum atomic E-state index is -0.00567. The molecule has 11 heavy (non-hydrogen) atoms. The summed E-state index contributed by atoms with van der Waals surface area (Å²) in [6.07, 6.45) is 0. The van der Waals surface area contributed by atoms with E-state index in [9.17, 15) is 4.79 Å². The van der Waals surface area contributed by atoms with Gasteiger partial charge < -0.3 is 10.2 Å². The molecule has 1 rings (SSSR count). The van der Waals surface area contributed by atoms with E-state index in [0.29, 0.717) is 11.9 Å². The van der Waals surface area contributed by atoms with Crippen molar-refractivity contribution in [2.75, 3.05) is 25.0 Å². The van der Waals surface area contributed by atoms with Gasteiger partial charge in [0, 0.05) is 13.1 Å². The zero-order chi connectivity index (χ0) is 8.10. The van der Waals surface area contributed by atoms with Crippen LogP contribution in [-0.4, -0.2) is 35.9 Å². The molecule has 3 nitrogen and oxygen atoms in total.